The zero-order chi connectivity index (χ0) is 15.4. The summed E-state index contributed by atoms with van der Waals surface area (Å²) in [5.41, 5.74) is 0.785. The molecule has 0 aliphatic heterocycles. The Morgan fingerprint density at radius 2 is 1.95 bits per heavy atom. The van der Waals surface area contributed by atoms with Gasteiger partial charge in [0.2, 0.25) is 0 Å². The minimum absolute atomic E-state index is 0.161. The van der Waals surface area contributed by atoms with Crippen molar-refractivity contribution in [1.29, 1.82) is 0 Å². The standard InChI is InChI=1S/C16H22BrIN2O/c1-19(2)9-10-20(13-5-3-4-6-13)16(21)14-11-12(18)7-8-15(14)17/h7-8,11,13H,3-6,9-10H2,1-2H3. The molecule has 1 saturated carbocycles. The Balaban J connectivity index is 2.21. The summed E-state index contributed by atoms with van der Waals surface area (Å²) in [6, 6.07) is 6.36. The third-order valence-electron chi connectivity index (χ3n) is 3.97. The minimum atomic E-state index is 0.161. The van der Waals surface area contributed by atoms with E-state index in [1.807, 2.05) is 18.2 Å². The van der Waals surface area contributed by atoms with Gasteiger partial charge >= 0.3 is 0 Å². The quantitative estimate of drug-likeness (QED) is 0.615. The lowest BCUT2D eigenvalue weighted by Crippen LogP contribution is -2.42. The predicted octanol–water partition coefficient (Wildman–Crippen LogP) is 4.00. The van der Waals surface area contributed by atoms with Crippen molar-refractivity contribution in [1.82, 2.24) is 9.80 Å². The first kappa shape index (κ1) is 17.2. The molecule has 3 nitrogen and oxygen atoms in total. The van der Waals surface area contributed by atoms with E-state index in [1.165, 1.54) is 12.8 Å². The molecule has 0 aromatic heterocycles. The fraction of sp³-hybridized carbons (Fsp3) is 0.562. The molecule has 1 fully saturated rings. The summed E-state index contributed by atoms with van der Waals surface area (Å²) in [6.45, 7) is 1.71. The van der Waals surface area contributed by atoms with Crippen LogP contribution in [0.3, 0.4) is 0 Å². The van der Waals surface area contributed by atoms with Crippen molar-refractivity contribution in [2.75, 3.05) is 27.2 Å². The highest BCUT2D eigenvalue weighted by Gasteiger charge is 2.28. The Morgan fingerprint density at radius 1 is 1.29 bits per heavy atom. The summed E-state index contributed by atoms with van der Waals surface area (Å²) in [5.74, 6) is 0.161. The molecule has 0 unspecified atom stereocenters. The van der Waals surface area contributed by atoms with E-state index in [4.69, 9.17) is 0 Å². The first-order valence-electron chi connectivity index (χ1n) is 7.40. The number of halogens is 2. The van der Waals surface area contributed by atoms with Gasteiger partial charge in [0.15, 0.2) is 0 Å². The van der Waals surface area contributed by atoms with Crippen molar-refractivity contribution in [3.63, 3.8) is 0 Å². The molecule has 0 saturated heterocycles. The number of hydrogen-bond donors (Lipinski definition) is 0. The molecule has 0 N–H and O–H groups in total. The van der Waals surface area contributed by atoms with Crippen LogP contribution in [0.4, 0.5) is 0 Å². The second-order valence-electron chi connectivity index (χ2n) is 5.86. The summed E-state index contributed by atoms with van der Waals surface area (Å²) < 4.78 is 1.99. The molecule has 116 valence electrons. The molecule has 2 rings (SSSR count). The van der Waals surface area contributed by atoms with Crippen molar-refractivity contribution in [3.05, 3.63) is 31.8 Å². The van der Waals surface area contributed by atoms with Crippen molar-refractivity contribution >= 4 is 44.4 Å². The Hall–Kier alpha value is -0.140. The molecule has 0 heterocycles. The van der Waals surface area contributed by atoms with E-state index in [-0.39, 0.29) is 5.91 Å². The normalized spacial score (nSPS) is 15.7. The molecule has 1 aliphatic rings. The monoisotopic (exact) mass is 464 g/mol. The lowest BCUT2D eigenvalue weighted by Gasteiger charge is -2.30. The second kappa shape index (κ2) is 7.92. The minimum Gasteiger partial charge on any atom is -0.334 e. The van der Waals surface area contributed by atoms with Crippen LogP contribution in [0.5, 0.6) is 0 Å². The molecule has 0 radical (unpaired) electrons. The number of hydrogen-bond acceptors (Lipinski definition) is 2. The second-order valence-corrected chi connectivity index (χ2v) is 7.96. The van der Waals surface area contributed by atoms with Gasteiger partial charge in [0.25, 0.3) is 5.91 Å². The van der Waals surface area contributed by atoms with Gasteiger partial charge in [-0.15, -0.1) is 0 Å². The Bertz CT molecular complexity index is 501. The average molecular weight is 465 g/mol. The van der Waals surface area contributed by atoms with Gasteiger partial charge in [0.1, 0.15) is 0 Å². The Labute approximate surface area is 149 Å². The van der Waals surface area contributed by atoms with Crippen LogP contribution in [0.15, 0.2) is 22.7 Å². The number of rotatable bonds is 5. The molecule has 21 heavy (non-hydrogen) atoms. The van der Waals surface area contributed by atoms with Crippen LogP contribution in [0, 0.1) is 3.57 Å². The van der Waals surface area contributed by atoms with E-state index in [2.05, 4.69) is 62.4 Å². The summed E-state index contributed by atoms with van der Waals surface area (Å²) in [4.78, 5) is 17.2. The van der Waals surface area contributed by atoms with E-state index >= 15 is 0 Å². The number of carbonyl (C=O) groups is 1. The van der Waals surface area contributed by atoms with Crippen LogP contribution in [0.25, 0.3) is 0 Å². The lowest BCUT2D eigenvalue weighted by molar-refractivity contribution is 0.0666. The summed E-state index contributed by atoms with van der Waals surface area (Å²) >= 11 is 5.79. The van der Waals surface area contributed by atoms with Gasteiger partial charge in [0, 0.05) is 27.2 Å². The van der Waals surface area contributed by atoms with Gasteiger partial charge in [0.05, 0.1) is 5.56 Å². The van der Waals surface area contributed by atoms with Crippen molar-refractivity contribution in [3.8, 4) is 0 Å². The Morgan fingerprint density at radius 3 is 2.57 bits per heavy atom. The van der Waals surface area contributed by atoms with Crippen LogP contribution in [-0.2, 0) is 0 Å². The maximum atomic E-state index is 13.0. The van der Waals surface area contributed by atoms with E-state index < -0.39 is 0 Å². The van der Waals surface area contributed by atoms with E-state index in [0.29, 0.717) is 6.04 Å². The lowest BCUT2D eigenvalue weighted by atomic mass is 10.1. The van der Waals surface area contributed by atoms with Crippen LogP contribution in [-0.4, -0.2) is 48.9 Å². The fourth-order valence-corrected chi connectivity index (χ4v) is 3.70. The number of nitrogens with zero attached hydrogens (tertiary/aromatic N) is 2. The van der Waals surface area contributed by atoms with E-state index in [9.17, 15) is 4.79 Å². The van der Waals surface area contributed by atoms with Gasteiger partial charge in [-0.2, -0.15) is 0 Å². The van der Waals surface area contributed by atoms with E-state index in [0.717, 1.165) is 39.5 Å². The molecule has 0 bridgehead atoms. The summed E-state index contributed by atoms with van der Waals surface area (Å²) in [6.07, 6.45) is 4.76. The van der Waals surface area contributed by atoms with Gasteiger partial charge in [-0.25, -0.2) is 0 Å². The number of carbonyl (C=O) groups excluding carboxylic acids is 1. The van der Waals surface area contributed by atoms with Crippen LogP contribution < -0.4 is 0 Å². The third kappa shape index (κ3) is 4.66. The number of benzene rings is 1. The molecule has 1 aromatic carbocycles. The molecule has 0 spiro atoms. The van der Waals surface area contributed by atoms with Gasteiger partial charge in [-0.05, 0) is 83.7 Å². The summed E-state index contributed by atoms with van der Waals surface area (Å²) in [5, 5.41) is 0. The van der Waals surface area contributed by atoms with Crippen LogP contribution in [0.1, 0.15) is 36.0 Å². The van der Waals surface area contributed by atoms with Crippen LogP contribution in [0.2, 0.25) is 0 Å². The highest BCUT2D eigenvalue weighted by atomic mass is 127. The highest BCUT2D eigenvalue weighted by molar-refractivity contribution is 14.1. The molecular formula is C16H22BrIN2O. The first-order chi connectivity index (χ1) is 9.99. The smallest absolute Gasteiger partial charge is 0.255 e. The highest BCUT2D eigenvalue weighted by Crippen LogP contribution is 2.27. The largest absolute Gasteiger partial charge is 0.334 e. The molecular weight excluding hydrogens is 443 g/mol. The molecule has 0 atom stereocenters. The van der Waals surface area contributed by atoms with Crippen molar-refractivity contribution in [2.24, 2.45) is 0 Å². The molecule has 1 amide bonds. The van der Waals surface area contributed by atoms with Gasteiger partial charge in [-0.3, -0.25) is 4.79 Å². The zero-order valence-corrected chi connectivity index (χ0v) is 16.4. The zero-order valence-electron chi connectivity index (χ0n) is 12.6. The SMILES string of the molecule is CN(C)CCN(C(=O)c1cc(I)ccc1Br)C1CCCC1. The molecule has 5 heteroatoms. The maximum absolute atomic E-state index is 13.0. The predicted molar refractivity (Wildman–Crippen MR) is 98.7 cm³/mol. The summed E-state index contributed by atoms with van der Waals surface area (Å²) in [7, 11) is 4.11. The maximum Gasteiger partial charge on any atom is 0.255 e. The van der Waals surface area contributed by atoms with Gasteiger partial charge in [-0.1, -0.05) is 12.8 Å². The van der Waals surface area contributed by atoms with Crippen LogP contribution >= 0.6 is 38.5 Å². The topological polar surface area (TPSA) is 23.6 Å². The number of likely N-dealkylation sites (N-methyl/N-ethyl adjacent to an activating group) is 1. The number of amides is 1. The average Bonchev–Trinajstić information content (AvgIpc) is 2.95. The molecule has 1 aliphatic carbocycles. The third-order valence-corrected chi connectivity index (χ3v) is 5.34. The fourth-order valence-electron chi connectivity index (χ4n) is 2.79. The van der Waals surface area contributed by atoms with E-state index in [1.54, 1.807) is 0 Å². The Kier molecular flexibility index (Phi) is 6.50. The first-order valence-corrected chi connectivity index (χ1v) is 9.27. The van der Waals surface area contributed by atoms with Gasteiger partial charge < -0.3 is 9.80 Å². The molecule has 1 aromatic rings. The van der Waals surface area contributed by atoms with Crippen molar-refractivity contribution in [2.45, 2.75) is 31.7 Å². The van der Waals surface area contributed by atoms with Crippen molar-refractivity contribution < 1.29 is 4.79 Å².